The molecule has 3 heteroatoms. The van der Waals surface area contributed by atoms with Gasteiger partial charge in [0.25, 0.3) is 0 Å². The van der Waals surface area contributed by atoms with Crippen LogP contribution in [0.1, 0.15) is 20.3 Å². The number of rotatable bonds is 3. The molecule has 0 unspecified atom stereocenters. The molecule has 0 aliphatic heterocycles. The summed E-state index contributed by atoms with van der Waals surface area (Å²) in [6, 6.07) is 0. The summed E-state index contributed by atoms with van der Waals surface area (Å²) in [5, 5.41) is 1.35. The van der Waals surface area contributed by atoms with Crippen LogP contribution in [0.15, 0.2) is 12.2 Å². The summed E-state index contributed by atoms with van der Waals surface area (Å²) < 4.78 is 2.13. The van der Waals surface area contributed by atoms with Crippen molar-refractivity contribution in [3.63, 3.8) is 0 Å². The number of thioether (sulfide) groups is 1. The average Bonchev–Trinajstić information content (AvgIpc) is 1.99. The molecule has 72 valence electrons. The highest BCUT2D eigenvalue weighted by Gasteiger charge is 2.00. The molecule has 0 radical (unpaired) electrons. The van der Waals surface area contributed by atoms with E-state index in [0.29, 0.717) is 0 Å². The summed E-state index contributed by atoms with van der Waals surface area (Å²) in [4.78, 5) is 0. The average molecular weight is 252 g/mol. The molecule has 0 bridgehead atoms. The Balaban J connectivity index is 0. The normalized spacial score (nSPS) is 8.67. The smallest absolute Gasteiger partial charge is 0.207 e. The highest BCUT2D eigenvalue weighted by Crippen LogP contribution is 2.09. The second-order valence-corrected chi connectivity index (χ2v) is 3.97. The zero-order valence-electron chi connectivity index (χ0n) is 8.35. The number of halogens is 1. The first-order chi connectivity index (χ1) is 5.07. The minimum Gasteiger partial charge on any atom is -1.00 e. The van der Waals surface area contributed by atoms with Gasteiger partial charge in [0.1, 0.15) is 14.1 Å². The molecule has 0 saturated carbocycles. The minimum absolute atomic E-state index is 0. The van der Waals surface area contributed by atoms with Crippen molar-refractivity contribution in [2.45, 2.75) is 20.3 Å². The maximum absolute atomic E-state index is 3.95. The monoisotopic (exact) mass is 251 g/mol. The van der Waals surface area contributed by atoms with Crippen LogP contribution in [0.5, 0.6) is 0 Å². The van der Waals surface area contributed by atoms with Gasteiger partial charge in [-0.05, 0) is 6.42 Å². The highest BCUT2D eigenvalue weighted by molar-refractivity contribution is 8.13. The van der Waals surface area contributed by atoms with Crippen molar-refractivity contribution in [3.8, 4) is 0 Å². The first-order valence-electron chi connectivity index (χ1n) is 3.88. The van der Waals surface area contributed by atoms with E-state index in [9.17, 15) is 0 Å². The zero-order chi connectivity index (χ0) is 8.85. The topological polar surface area (TPSA) is 3.01 Å². The van der Waals surface area contributed by atoms with Gasteiger partial charge in [0.2, 0.25) is 5.04 Å². The Morgan fingerprint density at radius 1 is 1.42 bits per heavy atom. The molecule has 0 atom stereocenters. The van der Waals surface area contributed by atoms with Crippen LogP contribution in [0.3, 0.4) is 0 Å². The van der Waals surface area contributed by atoms with Crippen molar-refractivity contribution < 1.29 is 21.6 Å². The second-order valence-electron chi connectivity index (χ2n) is 2.81. The lowest BCUT2D eigenvalue weighted by atomic mass is 10.3. The SMILES string of the molecule is C=C(CC)CSC(C)=[N+](C)C.[Br-]. The van der Waals surface area contributed by atoms with Crippen molar-refractivity contribution >= 4 is 16.8 Å². The Morgan fingerprint density at radius 2 is 1.92 bits per heavy atom. The first kappa shape index (κ1) is 14.7. The maximum Gasteiger partial charge on any atom is 0.207 e. The maximum atomic E-state index is 3.95. The molecule has 0 N–H and O–H groups in total. The molecule has 0 saturated heterocycles. The van der Waals surface area contributed by atoms with E-state index in [2.05, 4.69) is 39.1 Å². The Hall–Kier alpha value is 0.240. The molecular weight excluding hydrogens is 234 g/mol. The van der Waals surface area contributed by atoms with Crippen LogP contribution in [0.25, 0.3) is 0 Å². The lowest BCUT2D eigenvalue weighted by Gasteiger charge is -1.99. The third-order valence-electron chi connectivity index (χ3n) is 1.61. The third-order valence-corrected chi connectivity index (χ3v) is 2.95. The van der Waals surface area contributed by atoms with Gasteiger partial charge >= 0.3 is 0 Å². The molecule has 0 amide bonds. The van der Waals surface area contributed by atoms with Crippen LogP contribution in [-0.2, 0) is 0 Å². The predicted octanol–water partition coefficient (Wildman–Crippen LogP) is -0.620. The number of nitrogens with zero attached hydrogens (tertiary/aromatic N) is 1. The fourth-order valence-electron chi connectivity index (χ4n) is 0.438. The van der Waals surface area contributed by atoms with Gasteiger partial charge in [0.05, 0.1) is 0 Å². The van der Waals surface area contributed by atoms with E-state index < -0.39 is 0 Å². The van der Waals surface area contributed by atoms with Crippen molar-refractivity contribution in [1.82, 2.24) is 0 Å². The molecule has 0 aliphatic carbocycles. The standard InChI is InChI=1S/C9H18NS.BrH/c1-6-8(2)7-11-9(3)10(4)5;/h2,6-7H2,1,3-5H3;1H/q+1;/p-1. The van der Waals surface area contributed by atoms with Crippen molar-refractivity contribution in [2.75, 3.05) is 19.8 Å². The predicted molar refractivity (Wildman–Crippen MR) is 54.7 cm³/mol. The van der Waals surface area contributed by atoms with E-state index in [1.165, 1.54) is 10.6 Å². The van der Waals surface area contributed by atoms with Crippen LogP contribution >= 0.6 is 11.8 Å². The Labute approximate surface area is 90.7 Å². The van der Waals surface area contributed by atoms with Crippen molar-refractivity contribution in [3.05, 3.63) is 12.2 Å². The molecule has 0 aromatic carbocycles. The Morgan fingerprint density at radius 3 is 2.25 bits per heavy atom. The molecule has 0 rings (SSSR count). The van der Waals surface area contributed by atoms with E-state index in [1.807, 2.05) is 11.8 Å². The molecule has 0 aliphatic rings. The fraction of sp³-hybridized carbons (Fsp3) is 0.667. The van der Waals surface area contributed by atoms with Gasteiger partial charge in [-0.3, -0.25) is 0 Å². The van der Waals surface area contributed by atoms with E-state index in [1.54, 1.807) is 0 Å². The van der Waals surface area contributed by atoms with Crippen LogP contribution in [0.4, 0.5) is 0 Å². The highest BCUT2D eigenvalue weighted by atomic mass is 79.9. The van der Waals surface area contributed by atoms with E-state index in [0.717, 1.165) is 12.2 Å². The molecule has 0 spiro atoms. The molecule has 0 heterocycles. The number of hydrogen-bond donors (Lipinski definition) is 0. The van der Waals surface area contributed by atoms with E-state index in [-0.39, 0.29) is 17.0 Å². The van der Waals surface area contributed by atoms with Gasteiger partial charge < -0.3 is 17.0 Å². The van der Waals surface area contributed by atoms with Crippen molar-refractivity contribution in [1.29, 1.82) is 0 Å². The van der Waals surface area contributed by atoms with Crippen LogP contribution in [0, 0.1) is 0 Å². The van der Waals surface area contributed by atoms with Crippen molar-refractivity contribution in [2.24, 2.45) is 0 Å². The second kappa shape index (κ2) is 7.87. The molecule has 1 nitrogen and oxygen atoms in total. The third kappa shape index (κ3) is 6.92. The zero-order valence-corrected chi connectivity index (χ0v) is 10.8. The van der Waals surface area contributed by atoms with Gasteiger partial charge in [-0.2, -0.15) is 0 Å². The Bertz CT molecular complexity index is 171. The lowest BCUT2D eigenvalue weighted by Crippen LogP contribution is -3.00. The Kier molecular flexibility index (Phi) is 9.67. The van der Waals surface area contributed by atoms with E-state index in [4.69, 9.17) is 0 Å². The molecule has 0 aromatic heterocycles. The summed E-state index contributed by atoms with van der Waals surface area (Å²) in [6.45, 7) is 8.23. The van der Waals surface area contributed by atoms with Gasteiger partial charge in [0.15, 0.2) is 0 Å². The van der Waals surface area contributed by atoms with Gasteiger partial charge in [-0.1, -0.05) is 30.8 Å². The first-order valence-corrected chi connectivity index (χ1v) is 4.86. The van der Waals surface area contributed by atoms with Gasteiger partial charge in [-0.25, -0.2) is 4.58 Å². The largest absolute Gasteiger partial charge is 1.00 e. The quantitative estimate of drug-likeness (QED) is 0.280. The van der Waals surface area contributed by atoms with Crippen LogP contribution in [0.2, 0.25) is 0 Å². The van der Waals surface area contributed by atoms with Crippen LogP contribution in [-0.4, -0.2) is 29.5 Å². The fourth-order valence-corrected chi connectivity index (χ4v) is 1.31. The molecule has 12 heavy (non-hydrogen) atoms. The summed E-state index contributed by atoms with van der Waals surface area (Å²) in [7, 11) is 4.13. The van der Waals surface area contributed by atoms with Gasteiger partial charge in [0, 0.05) is 12.7 Å². The molecule has 0 aromatic rings. The molecular formula is C9H18BrNS. The summed E-state index contributed by atoms with van der Waals surface area (Å²) in [5.74, 6) is 1.06. The molecule has 0 fully saturated rings. The minimum atomic E-state index is 0. The summed E-state index contributed by atoms with van der Waals surface area (Å²) >= 11 is 1.86. The summed E-state index contributed by atoms with van der Waals surface area (Å²) in [5.41, 5.74) is 1.32. The van der Waals surface area contributed by atoms with E-state index >= 15 is 0 Å². The summed E-state index contributed by atoms with van der Waals surface area (Å²) in [6.07, 6.45) is 1.09. The van der Waals surface area contributed by atoms with Gasteiger partial charge in [-0.15, -0.1) is 0 Å². The lowest BCUT2D eigenvalue weighted by molar-refractivity contribution is -0.461. The van der Waals surface area contributed by atoms with Crippen LogP contribution < -0.4 is 17.0 Å². The number of hydrogen-bond acceptors (Lipinski definition) is 1.